The van der Waals surface area contributed by atoms with Crippen molar-refractivity contribution in [3.8, 4) is 0 Å². The highest BCUT2D eigenvalue weighted by molar-refractivity contribution is 7.90. The van der Waals surface area contributed by atoms with E-state index >= 15 is 0 Å². The minimum atomic E-state index is -4.31. The molecule has 0 bridgehead atoms. The first-order chi connectivity index (χ1) is 11.4. The van der Waals surface area contributed by atoms with Crippen LogP contribution in [-0.2, 0) is 14.8 Å². The second-order valence-electron chi connectivity index (χ2n) is 4.93. The molecule has 0 radical (unpaired) electrons. The molecule has 122 valence electrons. The van der Waals surface area contributed by atoms with E-state index < -0.39 is 22.0 Å². The van der Waals surface area contributed by atoms with Gasteiger partial charge in [-0.1, -0.05) is 41.9 Å². The number of carbonyl (C=O) groups excluding carboxylic acids is 2. The normalized spacial score (nSPS) is 16.5. The van der Waals surface area contributed by atoms with E-state index in [4.69, 9.17) is 11.6 Å². The van der Waals surface area contributed by atoms with Crippen molar-refractivity contribution < 1.29 is 18.0 Å². The molecular formula is C16H11ClN2O4S. The molecule has 2 aromatic carbocycles. The molecule has 1 fully saturated rings. The van der Waals surface area contributed by atoms with Gasteiger partial charge in [-0.05, 0) is 35.9 Å². The summed E-state index contributed by atoms with van der Waals surface area (Å²) in [5.41, 5.74) is 0.552. The van der Waals surface area contributed by atoms with Crippen LogP contribution in [-0.4, -0.2) is 24.7 Å². The molecule has 3 amide bonds. The number of halogens is 1. The molecule has 8 heteroatoms. The first-order valence-corrected chi connectivity index (χ1v) is 8.64. The average molecular weight is 363 g/mol. The van der Waals surface area contributed by atoms with Crippen LogP contribution in [0.4, 0.5) is 4.79 Å². The van der Waals surface area contributed by atoms with Crippen LogP contribution in [0.3, 0.4) is 0 Å². The summed E-state index contributed by atoms with van der Waals surface area (Å²) in [5, 5.41) is 2.63. The Kier molecular flexibility index (Phi) is 4.13. The molecule has 0 atom stereocenters. The molecule has 0 aliphatic carbocycles. The molecule has 3 rings (SSSR count). The summed E-state index contributed by atoms with van der Waals surface area (Å²) in [6, 6.07) is 13.0. The van der Waals surface area contributed by atoms with Crippen molar-refractivity contribution in [3.05, 3.63) is 70.9 Å². The third-order valence-corrected chi connectivity index (χ3v) is 5.24. The highest BCUT2D eigenvalue weighted by atomic mass is 35.5. The van der Waals surface area contributed by atoms with Crippen LogP contribution in [0.15, 0.2) is 65.2 Å². The van der Waals surface area contributed by atoms with Crippen LogP contribution in [0.5, 0.6) is 0 Å². The van der Waals surface area contributed by atoms with Gasteiger partial charge in [-0.3, -0.25) is 4.79 Å². The minimum Gasteiger partial charge on any atom is -0.302 e. The lowest BCUT2D eigenvalue weighted by atomic mass is 10.2. The van der Waals surface area contributed by atoms with Crippen molar-refractivity contribution in [2.75, 3.05) is 0 Å². The van der Waals surface area contributed by atoms with E-state index in [1.807, 2.05) is 0 Å². The molecule has 0 spiro atoms. The maximum absolute atomic E-state index is 12.5. The van der Waals surface area contributed by atoms with E-state index in [2.05, 4.69) is 5.32 Å². The zero-order valence-electron chi connectivity index (χ0n) is 12.1. The molecule has 0 saturated carbocycles. The Bertz CT molecular complexity index is 938. The number of urea groups is 1. The van der Waals surface area contributed by atoms with E-state index in [0.29, 0.717) is 10.6 Å². The molecular weight excluding hydrogens is 352 g/mol. The van der Waals surface area contributed by atoms with Gasteiger partial charge in [0, 0.05) is 5.02 Å². The van der Waals surface area contributed by atoms with Gasteiger partial charge in [0.25, 0.3) is 15.9 Å². The molecule has 1 aliphatic rings. The summed E-state index contributed by atoms with van der Waals surface area (Å²) in [4.78, 5) is 24.2. The Labute approximate surface area is 143 Å². The number of carbonyl (C=O) groups is 2. The predicted octanol–water partition coefficient (Wildman–Crippen LogP) is 2.62. The van der Waals surface area contributed by atoms with E-state index in [-0.39, 0.29) is 14.9 Å². The van der Waals surface area contributed by atoms with Crippen molar-refractivity contribution in [2.24, 2.45) is 0 Å². The number of hydrogen-bond acceptors (Lipinski definition) is 4. The highest BCUT2D eigenvalue weighted by Crippen LogP contribution is 2.24. The number of hydrogen-bond donors (Lipinski definition) is 1. The largest absolute Gasteiger partial charge is 0.343 e. The number of amides is 3. The van der Waals surface area contributed by atoms with E-state index in [1.54, 1.807) is 30.3 Å². The van der Waals surface area contributed by atoms with Crippen LogP contribution in [0.2, 0.25) is 5.02 Å². The number of imide groups is 1. The Hall–Kier alpha value is -2.64. The summed E-state index contributed by atoms with van der Waals surface area (Å²) in [6.07, 6.45) is 1.41. The van der Waals surface area contributed by atoms with Crippen molar-refractivity contribution in [2.45, 2.75) is 4.90 Å². The number of sulfonamides is 1. The highest BCUT2D eigenvalue weighted by Gasteiger charge is 2.43. The Balaban J connectivity index is 1.97. The third-order valence-electron chi connectivity index (χ3n) is 3.30. The number of nitrogens with zero attached hydrogens (tertiary/aromatic N) is 1. The monoisotopic (exact) mass is 362 g/mol. The van der Waals surface area contributed by atoms with Gasteiger partial charge in [0.1, 0.15) is 5.70 Å². The van der Waals surface area contributed by atoms with Gasteiger partial charge in [-0.15, -0.1) is 4.31 Å². The third kappa shape index (κ3) is 2.91. The number of nitrogens with one attached hydrogen (secondary N) is 1. The van der Waals surface area contributed by atoms with Gasteiger partial charge in [0.05, 0.1) is 4.90 Å². The maximum atomic E-state index is 12.5. The smallest absolute Gasteiger partial charge is 0.302 e. The zero-order valence-corrected chi connectivity index (χ0v) is 13.7. The topological polar surface area (TPSA) is 83.6 Å². The molecule has 1 aliphatic heterocycles. The number of benzene rings is 2. The second-order valence-corrected chi connectivity index (χ2v) is 7.15. The summed E-state index contributed by atoms with van der Waals surface area (Å²) in [5.74, 6) is -0.932. The first kappa shape index (κ1) is 16.2. The molecule has 1 heterocycles. The first-order valence-electron chi connectivity index (χ1n) is 6.82. The summed E-state index contributed by atoms with van der Waals surface area (Å²) in [6.45, 7) is 0. The molecule has 1 N–H and O–H groups in total. The predicted molar refractivity (Wildman–Crippen MR) is 88.4 cm³/mol. The van der Waals surface area contributed by atoms with Crippen molar-refractivity contribution in [3.63, 3.8) is 0 Å². The van der Waals surface area contributed by atoms with Crippen LogP contribution in [0.25, 0.3) is 6.08 Å². The summed E-state index contributed by atoms with van der Waals surface area (Å²) < 4.78 is 25.3. The molecule has 6 nitrogen and oxygen atoms in total. The lowest BCUT2D eigenvalue weighted by molar-refractivity contribution is -0.119. The fourth-order valence-corrected chi connectivity index (χ4v) is 3.56. The van der Waals surface area contributed by atoms with Gasteiger partial charge in [-0.2, -0.15) is 0 Å². The molecule has 0 aromatic heterocycles. The SMILES string of the molecule is O=C1N/C(=C\c2ccccc2)C(=O)N1S(=O)(=O)c1ccc(Cl)cc1. The minimum absolute atomic E-state index is 0.108. The van der Waals surface area contributed by atoms with Gasteiger partial charge in [0.2, 0.25) is 0 Å². The summed E-state index contributed by atoms with van der Waals surface area (Å²) >= 11 is 5.73. The summed E-state index contributed by atoms with van der Waals surface area (Å²) in [7, 11) is -4.31. The Morgan fingerprint density at radius 1 is 0.958 bits per heavy atom. The van der Waals surface area contributed by atoms with Crippen molar-refractivity contribution >= 4 is 39.6 Å². The Morgan fingerprint density at radius 2 is 1.58 bits per heavy atom. The molecule has 1 saturated heterocycles. The standard InChI is InChI=1S/C16H11ClN2O4S/c17-12-6-8-13(9-7-12)24(22,23)19-15(20)14(18-16(19)21)10-11-4-2-1-3-5-11/h1-10H,(H,18,21)/b14-10-. The number of rotatable bonds is 3. The van der Waals surface area contributed by atoms with Crippen LogP contribution in [0.1, 0.15) is 5.56 Å². The lowest BCUT2D eigenvalue weighted by Crippen LogP contribution is -2.36. The van der Waals surface area contributed by atoms with E-state index in [1.165, 1.54) is 30.3 Å². The average Bonchev–Trinajstić information content (AvgIpc) is 2.83. The van der Waals surface area contributed by atoms with Gasteiger partial charge < -0.3 is 5.32 Å². The maximum Gasteiger partial charge on any atom is 0.343 e. The van der Waals surface area contributed by atoms with E-state index in [0.717, 1.165) is 0 Å². The van der Waals surface area contributed by atoms with E-state index in [9.17, 15) is 18.0 Å². The zero-order chi connectivity index (χ0) is 17.3. The quantitative estimate of drug-likeness (QED) is 0.672. The van der Waals surface area contributed by atoms with Gasteiger partial charge in [0.15, 0.2) is 0 Å². The molecule has 0 unspecified atom stereocenters. The molecule has 24 heavy (non-hydrogen) atoms. The van der Waals surface area contributed by atoms with Crippen LogP contribution < -0.4 is 5.32 Å². The second kappa shape index (κ2) is 6.10. The van der Waals surface area contributed by atoms with Crippen molar-refractivity contribution in [1.29, 1.82) is 0 Å². The fraction of sp³-hybridized carbons (Fsp3) is 0. The lowest BCUT2D eigenvalue weighted by Gasteiger charge is -2.12. The van der Waals surface area contributed by atoms with Gasteiger partial charge in [-0.25, -0.2) is 13.2 Å². The Morgan fingerprint density at radius 3 is 2.21 bits per heavy atom. The van der Waals surface area contributed by atoms with Crippen LogP contribution in [0, 0.1) is 0 Å². The van der Waals surface area contributed by atoms with Crippen molar-refractivity contribution in [1.82, 2.24) is 9.62 Å². The fourth-order valence-electron chi connectivity index (χ4n) is 2.17. The van der Waals surface area contributed by atoms with Crippen LogP contribution >= 0.6 is 11.6 Å². The van der Waals surface area contributed by atoms with Gasteiger partial charge >= 0.3 is 6.03 Å². The molecule has 2 aromatic rings.